The lowest BCUT2D eigenvalue weighted by Crippen LogP contribution is -2.42. The highest BCUT2D eigenvalue weighted by molar-refractivity contribution is 5.13. The van der Waals surface area contributed by atoms with E-state index >= 15 is 0 Å². The number of hydrogen-bond donors (Lipinski definition) is 0. The smallest absolute Gasteiger partial charge is 0.124 e. The molecule has 36 heavy (non-hydrogen) atoms. The van der Waals surface area contributed by atoms with Crippen molar-refractivity contribution in [2.75, 3.05) is 39.3 Å². The summed E-state index contributed by atoms with van der Waals surface area (Å²) in [6.45, 7) is 23.7. The first-order valence-corrected chi connectivity index (χ1v) is 16.6. The zero-order valence-corrected chi connectivity index (χ0v) is 26.3. The molecule has 0 aromatic carbocycles. The average Bonchev–Trinajstić information content (AvgIpc) is 2.88. The highest BCUT2D eigenvalue weighted by Crippen LogP contribution is 2.27. The Morgan fingerprint density at radius 3 is 1.11 bits per heavy atom. The van der Waals surface area contributed by atoms with Gasteiger partial charge in [-0.1, -0.05) is 113 Å². The number of rotatable bonds is 27. The fourth-order valence-electron chi connectivity index (χ4n) is 5.29. The van der Waals surface area contributed by atoms with Crippen molar-refractivity contribution in [2.24, 2.45) is 0 Å². The molecule has 0 radical (unpaired) electrons. The molecule has 0 rings (SSSR count). The first kappa shape index (κ1) is 35.1. The number of hydrogen-bond acceptors (Lipinski definition) is 3. The summed E-state index contributed by atoms with van der Waals surface area (Å²) in [4.78, 5) is 8.44. The predicted molar refractivity (Wildman–Crippen MR) is 165 cm³/mol. The van der Waals surface area contributed by atoms with Crippen LogP contribution in [0.15, 0.2) is 11.5 Å². The van der Waals surface area contributed by atoms with Gasteiger partial charge in [0, 0.05) is 39.3 Å². The highest BCUT2D eigenvalue weighted by atomic mass is 15.3. The van der Waals surface area contributed by atoms with Crippen LogP contribution >= 0.6 is 0 Å². The van der Waals surface area contributed by atoms with Gasteiger partial charge >= 0.3 is 0 Å². The minimum Gasteiger partial charge on any atom is -0.372 e. The van der Waals surface area contributed by atoms with Gasteiger partial charge in [-0.15, -0.1) is 0 Å². The molecule has 0 amide bonds. The van der Waals surface area contributed by atoms with E-state index in [0.717, 1.165) is 0 Å². The molecule has 0 aliphatic heterocycles. The molecular weight excluding hydrogens is 438 g/mol. The molecule has 0 aliphatic rings. The van der Waals surface area contributed by atoms with E-state index in [0.29, 0.717) is 0 Å². The van der Waals surface area contributed by atoms with E-state index < -0.39 is 0 Å². The van der Waals surface area contributed by atoms with E-state index in [-0.39, 0.29) is 0 Å². The first-order valence-electron chi connectivity index (χ1n) is 16.6. The summed E-state index contributed by atoms with van der Waals surface area (Å²) in [5, 5.41) is 0. The molecule has 0 saturated heterocycles. The van der Waals surface area contributed by atoms with Gasteiger partial charge < -0.3 is 14.7 Å². The minimum absolute atomic E-state index is 1.19. The number of nitrogens with zero attached hydrogens (tertiary/aromatic N) is 3. The van der Waals surface area contributed by atoms with Gasteiger partial charge in [0.2, 0.25) is 0 Å². The van der Waals surface area contributed by atoms with Crippen molar-refractivity contribution in [1.82, 2.24) is 14.7 Å². The number of allylic oxidation sites excluding steroid dienone is 1. The van der Waals surface area contributed by atoms with Crippen molar-refractivity contribution in [3.05, 3.63) is 11.5 Å². The van der Waals surface area contributed by atoms with E-state index in [1.807, 2.05) is 0 Å². The number of unbranched alkanes of at least 4 members (excludes halogenated alkanes) is 10. The monoisotopic (exact) mass is 508 g/mol. The Morgan fingerprint density at radius 2 is 0.694 bits per heavy atom. The maximum atomic E-state index is 2.82. The largest absolute Gasteiger partial charge is 0.372 e. The van der Waals surface area contributed by atoms with Crippen LogP contribution in [0.25, 0.3) is 0 Å². The minimum atomic E-state index is 1.19. The normalized spacial score (nSPS) is 11.1. The third-order valence-corrected chi connectivity index (χ3v) is 7.33. The maximum Gasteiger partial charge on any atom is 0.124 e. The van der Waals surface area contributed by atoms with Gasteiger partial charge in [-0.2, -0.15) is 0 Å². The van der Waals surface area contributed by atoms with Crippen molar-refractivity contribution in [1.29, 1.82) is 0 Å². The van der Waals surface area contributed by atoms with Crippen LogP contribution < -0.4 is 0 Å². The zero-order valence-electron chi connectivity index (χ0n) is 26.3. The molecule has 0 unspecified atom stereocenters. The molecule has 0 aliphatic carbocycles. The van der Waals surface area contributed by atoms with Gasteiger partial charge in [0.05, 0.1) is 5.70 Å². The molecule has 0 aromatic heterocycles. The third kappa shape index (κ3) is 16.1. The van der Waals surface area contributed by atoms with Gasteiger partial charge in [-0.05, 0) is 51.4 Å². The van der Waals surface area contributed by atoms with Crippen LogP contribution in [0.2, 0.25) is 0 Å². The maximum absolute atomic E-state index is 2.82. The lowest BCUT2D eigenvalue weighted by Gasteiger charge is -2.41. The Hall–Kier alpha value is -0.860. The lowest BCUT2D eigenvalue weighted by molar-refractivity contribution is 0.179. The van der Waals surface area contributed by atoms with E-state index in [1.165, 1.54) is 155 Å². The van der Waals surface area contributed by atoms with E-state index in [4.69, 9.17) is 0 Å². The van der Waals surface area contributed by atoms with Gasteiger partial charge in [0.25, 0.3) is 0 Å². The van der Waals surface area contributed by atoms with Gasteiger partial charge in [-0.3, -0.25) is 0 Å². The predicted octanol–water partition coefficient (Wildman–Crippen LogP) is 10.2. The van der Waals surface area contributed by atoms with Gasteiger partial charge in [-0.25, -0.2) is 0 Å². The topological polar surface area (TPSA) is 9.72 Å². The second kappa shape index (κ2) is 25.8. The quantitative estimate of drug-likeness (QED) is 0.102. The Labute approximate surface area is 229 Å². The van der Waals surface area contributed by atoms with Crippen molar-refractivity contribution in [3.63, 3.8) is 0 Å². The first-order chi connectivity index (χ1) is 17.6. The molecule has 0 atom stereocenters. The summed E-state index contributed by atoms with van der Waals surface area (Å²) in [5.74, 6) is 1.62. The Morgan fingerprint density at radius 1 is 0.333 bits per heavy atom. The van der Waals surface area contributed by atoms with Crippen molar-refractivity contribution in [2.45, 2.75) is 164 Å². The highest BCUT2D eigenvalue weighted by Gasteiger charge is 2.24. The van der Waals surface area contributed by atoms with Crippen LogP contribution in [0.3, 0.4) is 0 Å². The fourth-order valence-corrected chi connectivity index (χ4v) is 5.29. The second-order valence-corrected chi connectivity index (χ2v) is 11.0. The molecule has 0 saturated carbocycles. The molecule has 3 heteroatoms. The molecule has 0 fully saturated rings. The zero-order chi connectivity index (χ0) is 26.9. The van der Waals surface area contributed by atoms with Gasteiger partial charge in [0.15, 0.2) is 0 Å². The van der Waals surface area contributed by atoms with E-state index in [2.05, 4.69) is 63.2 Å². The van der Waals surface area contributed by atoms with Crippen molar-refractivity contribution >= 4 is 0 Å². The summed E-state index contributed by atoms with van der Waals surface area (Å²) in [6, 6.07) is 0. The summed E-state index contributed by atoms with van der Waals surface area (Å²) in [6.07, 6.45) is 23.9. The Kier molecular flexibility index (Phi) is 25.2. The second-order valence-electron chi connectivity index (χ2n) is 11.0. The van der Waals surface area contributed by atoms with Crippen LogP contribution in [0.5, 0.6) is 0 Å². The molecule has 0 heterocycles. The van der Waals surface area contributed by atoms with Crippen LogP contribution in [0.4, 0.5) is 0 Å². The molecule has 0 spiro atoms. The van der Waals surface area contributed by atoms with Crippen LogP contribution in [-0.2, 0) is 0 Å². The molecule has 3 nitrogen and oxygen atoms in total. The van der Waals surface area contributed by atoms with Crippen molar-refractivity contribution < 1.29 is 0 Å². The molecule has 0 bridgehead atoms. The SMILES string of the molecule is CCCCCCCCCCC(=C(N(CCC)CCCC)N(CCC)CCCC)N(CCC)CCCC. The van der Waals surface area contributed by atoms with Crippen LogP contribution in [0, 0.1) is 0 Å². The molecular formula is C33H69N3. The summed E-state index contributed by atoms with van der Waals surface area (Å²) in [5.41, 5.74) is 1.69. The Bertz CT molecular complexity index is 467. The lowest BCUT2D eigenvalue weighted by atomic mass is 10.0. The fraction of sp³-hybridized carbons (Fsp3) is 0.939. The van der Waals surface area contributed by atoms with E-state index in [1.54, 1.807) is 11.5 Å². The molecule has 0 N–H and O–H groups in total. The molecule has 216 valence electrons. The average molecular weight is 508 g/mol. The van der Waals surface area contributed by atoms with Crippen LogP contribution in [0.1, 0.15) is 164 Å². The summed E-state index contributed by atoms with van der Waals surface area (Å²) >= 11 is 0. The Balaban J connectivity index is 6.14. The standard InChI is InChI=1S/C33H69N3/c1-8-15-19-20-21-22-23-24-25-32(34(26-12-5)29-16-9-2)33(35(27-13-6)30-17-10-3)36(28-14-7)31-18-11-4/h8-31H2,1-7H3. The van der Waals surface area contributed by atoms with Gasteiger partial charge in [0.1, 0.15) is 5.82 Å². The van der Waals surface area contributed by atoms with Crippen LogP contribution in [-0.4, -0.2) is 54.0 Å². The van der Waals surface area contributed by atoms with E-state index in [9.17, 15) is 0 Å². The van der Waals surface area contributed by atoms with Crippen molar-refractivity contribution in [3.8, 4) is 0 Å². The molecule has 0 aromatic rings. The summed E-state index contributed by atoms with van der Waals surface area (Å²) < 4.78 is 0. The third-order valence-electron chi connectivity index (χ3n) is 7.33. The summed E-state index contributed by atoms with van der Waals surface area (Å²) in [7, 11) is 0.